The molecule has 7 aromatic rings. The Balaban J connectivity index is 1.27. The molecule has 0 N–H and O–H groups in total. The van der Waals surface area contributed by atoms with Crippen LogP contribution < -0.4 is 0 Å². The molecule has 1 saturated carbocycles. The van der Waals surface area contributed by atoms with Crippen molar-refractivity contribution in [2.24, 2.45) is 11.8 Å². The third-order valence-corrected chi connectivity index (χ3v) is 12.6. The quantitative estimate of drug-likeness (QED) is 0.138. The van der Waals surface area contributed by atoms with E-state index >= 15 is 0 Å². The van der Waals surface area contributed by atoms with Gasteiger partial charge in [0.25, 0.3) is 0 Å². The van der Waals surface area contributed by atoms with E-state index in [9.17, 15) is 0 Å². The predicted molar refractivity (Wildman–Crippen MR) is 239 cm³/mol. The molecule has 2 aliphatic rings. The molecule has 0 heteroatoms. The van der Waals surface area contributed by atoms with Gasteiger partial charge in [0.15, 0.2) is 0 Å². The van der Waals surface area contributed by atoms with Gasteiger partial charge in [0.05, 0.1) is 0 Å². The highest BCUT2D eigenvalue weighted by molar-refractivity contribution is 6.22. The zero-order valence-electron chi connectivity index (χ0n) is 32.7. The van der Waals surface area contributed by atoms with Crippen LogP contribution in [0.1, 0.15) is 65.4 Å². The summed E-state index contributed by atoms with van der Waals surface area (Å²) in [4.78, 5) is 0. The fraction of sp³-hybridized carbons (Fsp3) is 0.200. The molecule has 9 rings (SSSR count). The molecule has 2 bridgehead atoms. The van der Waals surface area contributed by atoms with Crippen molar-refractivity contribution in [1.82, 2.24) is 0 Å². The highest BCUT2D eigenvalue weighted by atomic mass is 14.4. The summed E-state index contributed by atoms with van der Waals surface area (Å²) in [5.74, 6) is 1.26. The fourth-order valence-electron chi connectivity index (χ4n) is 10.3. The van der Waals surface area contributed by atoms with Gasteiger partial charge in [0.2, 0.25) is 0 Å². The molecule has 0 saturated heterocycles. The number of hydrogen-bond acceptors (Lipinski definition) is 0. The molecular formula is C55H50. The molecule has 55 heavy (non-hydrogen) atoms. The Morgan fingerprint density at radius 1 is 0.600 bits per heavy atom. The molecule has 2 aliphatic carbocycles. The average molecular weight is 711 g/mol. The fourth-order valence-corrected chi connectivity index (χ4v) is 10.3. The zero-order chi connectivity index (χ0) is 37.5. The summed E-state index contributed by atoms with van der Waals surface area (Å²) in [5, 5.41) is 7.71. The van der Waals surface area contributed by atoms with Crippen molar-refractivity contribution in [3.63, 3.8) is 0 Å². The normalized spacial score (nSPS) is 17.6. The second-order valence-electron chi connectivity index (χ2n) is 15.6. The second-order valence-corrected chi connectivity index (χ2v) is 15.6. The Hall–Kier alpha value is -5.72. The molecule has 2 atom stereocenters. The molecule has 0 heterocycles. The molecule has 0 spiro atoms. The minimum Gasteiger partial charge on any atom is -0.0871 e. The summed E-state index contributed by atoms with van der Waals surface area (Å²) in [5.41, 5.74) is 16.6. The van der Waals surface area contributed by atoms with Gasteiger partial charge in [0.1, 0.15) is 0 Å². The summed E-state index contributed by atoms with van der Waals surface area (Å²) in [6, 6.07) is 52.0. The molecule has 0 aliphatic heterocycles. The van der Waals surface area contributed by atoms with Gasteiger partial charge in [-0.25, -0.2) is 0 Å². The monoisotopic (exact) mass is 710 g/mol. The molecule has 0 nitrogen and oxygen atoms in total. The van der Waals surface area contributed by atoms with Crippen molar-refractivity contribution in [2.45, 2.75) is 59.8 Å². The second kappa shape index (κ2) is 14.8. The first-order valence-electron chi connectivity index (χ1n) is 20.5. The first kappa shape index (κ1) is 35.0. The van der Waals surface area contributed by atoms with Crippen molar-refractivity contribution in [1.29, 1.82) is 0 Å². The number of rotatable bonds is 8. The maximum Gasteiger partial charge on any atom is -0.00201 e. The van der Waals surface area contributed by atoms with Crippen LogP contribution in [-0.2, 0) is 0 Å². The van der Waals surface area contributed by atoms with Crippen molar-refractivity contribution >= 4 is 37.9 Å². The third kappa shape index (κ3) is 6.00. The molecule has 0 amide bonds. The summed E-state index contributed by atoms with van der Waals surface area (Å²) in [7, 11) is 0. The SMILES string of the molecule is C/C=C\C1=C(CCC)C2CCC(C2)C(/C(=C\C)c2ccccc2-c2c3ccccc3c(-c3cccc(-c4cccc5ccccc45)c3)c3ccccc23)=C1C. The lowest BCUT2D eigenvalue weighted by Crippen LogP contribution is -2.07. The van der Waals surface area contributed by atoms with Crippen LogP contribution in [0.15, 0.2) is 180 Å². The van der Waals surface area contributed by atoms with Crippen molar-refractivity contribution in [2.75, 3.05) is 0 Å². The van der Waals surface area contributed by atoms with E-state index in [4.69, 9.17) is 0 Å². The smallest absolute Gasteiger partial charge is 0.00201 e. The molecule has 0 radical (unpaired) electrons. The van der Waals surface area contributed by atoms with E-state index in [0.29, 0.717) is 11.8 Å². The molecule has 0 aromatic heterocycles. The van der Waals surface area contributed by atoms with E-state index in [0.717, 1.165) is 0 Å². The maximum atomic E-state index is 2.42. The molecule has 2 unspecified atom stereocenters. The van der Waals surface area contributed by atoms with E-state index in [1.165, 1.54) is 120 Å². The van der Waals surface area contributed by atoms with E-state index in [-0.39, 0.29) is 0 Å². The van der Waals surface area contributed by atoms with Crippen LogP contribution in [-0.4, -0.2) is 0 Å². The van der Waals surface area contributed by atoms with Crippen LogP contribution in [0.2, 0.25) is 0 Å². The Labute approximate surface area is 327 Å². The summed E-state index contributed by atoms with van der Waals surface area (Å²) in [6.07, 6.45) is 13.3. The zero-order valence-corrected chi connectivity index (χ0v) is 32.7. The van der Waals surface area contributed by atoms with Crippen molar-refractivity contribution in [3.8, 4) is 33.4 Å². The number of hydrogen-bond donors (Lipinski definition) is 0. The van der Waals surface area contributed by atoms with Crippen molar-refractivity contribution in [3.05, 3.63) is 186 Å². The molecular weight excluding hydrogens is 661 g/mol. The highest BCUT2D eigenvalue weighted by Gasteiger charge is 2.36. The van der Waals surface area contributed by atoms with Gasteiger partial charge >= 0.3 is 0 Å². The van der Waals surface area contributed by atoms with Crippen molar-refractivity contribution < 1.29 is 0 Å². The molecule has 1 fully saturated rings. The first-order chi connectivity index (χ1) is 27.1. The first-order valence-corrected chi connectivity index (χ1v) is 20.5. The van der Waals surface area contributed by atoms with Crippen LogP contribution in [0.5, 0.6) is 0 Å². The van der Waals surface area contributed by atoms with Gasteiger partial charge in [-0.3, -0.25) is 0 Å². The highest BCUT2D eigenvalue weighted by Crippen LogP contribution is 2.53. The number of fused-ring (bicyclic) bond motifs is 5. The van der Waals surface area contributed by atoms with Crippen LogP contribution >= 0.6 is 0 Å². The Morgan fingerprint density at radius 2 is 1.18 bits per heavy atom. The lowest BCUT2D eigenvalue weighted by molar-refractivity contribution is 0.582. The van der Waals surface area contributed by atoms with Gasteiger partial charge in [-0.05, 0) is 158 Å². The van der Waals surface area contributed by atoms with Crippen LogP contribution in [0.3, 0.4) is 0 Å². The summed E-state index contributed by atoms with van der Waals surface area (Å²) >= 11 is 0. The predicted octanol–water partition coefficient (Wildman–Crippen LogP) is 16.0. The Bertz CT molecular complexity index is 2660. The van der Waals surface area contributed by atoms with Gasteiger partial charge in [-0.15, -0.1) is 0 Å². The van der Waals surface area contributed by atoms with E-state index < -0.39 is 0 Å². The van der Waals surface area contributed by atoms with E-state index in [2.05, 4.69) is 185 Å². The van der Waals surface area contributed by atoms with E-state index in [1.807, 2.05) is 0 Å². The van der Waals surface area contributed by atoms with Gasteiger partial charge in [0, 0.05) is 0 Å². The maximum absolute atomic E-state index is 2.42. The summed E-state index contributed by atoms with van der Waals surface area (Å²) < 4.78 is 0. The minimum absolute atomic E-state index is 0.573. The number of benzene rings is 7. The topological polar surface area (TPSA) is 0 Å². The Morgan fingerprint density at radius 3 is 1.89 bits per heavy atom. The lowest BCUT2D eigenvalue weighted by atomic mass is 9.78. The Kier molecular flexibility index (Phi) is 9.45. The third-order valence-electron chi connectivity index (χ3n) is 12.6. The summed E-state index contributed by atoms with van der Waals surface area (Å²) in [6.45, 7) is 9.20. The van der Waals surface area contributed by atoms with Gasteiger partial charge < -0.3 is 0 Å². The number of allylic oxidation sites excluding steroid dienone is 8. The standard InChI is InChI=1S/C55H50/c1-5-18-43-36(4)53(41-33-32-39(35-41)44(43)19-6-2)42(7-3)47-25-10-11-26-48(47)55-51-29-14-12-27-49(51)54(50-28-13-15-30-52(50)55)40-23-16-22-38(34-40)46-31-17-21-37-20-8-9-24-45(37)46/h5,7-18,20-31,34,39,41H,6,19,32-33,35H2,1-4H3/b18-5-,42-7-. The minimum atomic E-state index is 0.573. The molecule has 270 valence electrons. The van der Waals surface area contributed by atoms with Gasteiger partial charge in [-0.1, -0.05) is 171 Å². The largest absolute Gasteiger partial charge is 0.0871 e. The van der Waals surface area contributed by atoms with Crippen LogP contribution in [0.25, 0.3) is 71.3 Å². The molecule has 7 aromatic carbocycles. The average Bonchev–Trinajstić information content (AvgIpc) is 3.68. The van der Waals surface area contributed by atoms with E-state index in [1.54, 1.807) is 11.1 Å². The van der Waals surface area contributed by atoms with Gasteiger partial charge in [-0.2, -0.15) is 0 Å². The van der Waals surface area contributed by atoms with Crippen LogP contribution in [0, 0.1) is 11.8 Å². The lowest BCUT2D eigenvalue weighted by Gasteiger charge is -2.25. The van der Waals surface area contributed by atoms with Crippen LogP contribution in [0.4, 0.5) is 0 Å².